The number of nitro benzene ring substituents is 1. The van der Waals surface area contributed by atoms with Gasteiger partial charge in [0.15, 0.2) is 5.13 Å². The maximum Gasteiger partial charge on any atom is 0.293 e. The number of rotatable bonds is 4. The summed E-state index contributed by atoms with van der Waals surface area (Å²) in [6.45, 7) is 8.35. The van der Waals surface area contributed by atoms with Crippen LogP contribution in [0.2, 0.25) is 0 Å². The van der Waals surface area contributed by atoms with Crippen molar-refractivity contribution < 1.29 is 14.5 Å². The molecule has 1 aromatic carbocycles. The normalized spacial score (nSPS) is 14.9. The van der Waals surface area contributed by atoms with Gasteiger partial charge in [-0.2, -0.15) is 0 Å². The van der Waals surface area contributed by atoms with Gasteiger partial charge in [-0.05, 0) is 12.1 Å². The Balaban J connectivity index is 1.81. The number of anilines is 2. The van der Waals surface area contributed by atoms with Crippen molar-refractivity contribution in [2.75, 3.05) is 36.5 Å². The number of ether oxygens (including phenoxy) is 1. The fourth-order valence-electron chi connectivity index (χ4n) is 2.73. The molecular weight excluding hydrogens is 368 g/mol. The maximum absolute atomic E-state index is 12.5. The minimum Gasteiger partial charge on any atom is -0.378 e. The van der Waals surface area contributed by atoms with Crippen LogP contribution in [0, 0.1) is 10.1 Å². The number of nitrogens with zero attached hydrogens (tertiary/aromatic N) is 3. The minimum atomic E-state index is -0.456. The summed E-state index contributed by atoms with van der Waals surface area (Å²) < 4.78 is 5.29. The van der Waals surface area contributed by atoms with Gasteiger partial charge in [-0.1, -0.05) is 20.8 Å². The van der Waals surface area contributed by atoms with Crippen molar-refractivity contribution in [3.63, 3.8) is 0 Å². The Hall–Kier alpha value is -2.52. The van der Waals surface area contributed by atoms with Crippen LogP contribution in [-0.4, -0.2) is 42.1 Å². The zero-order chi connectivity index (χ0) is 19.6. The van der Waals surface area contributed by atoms with Gasteiger partial charge in [0.05, 0.1) is 23.8 Å². The lowest BCUT2D eigenvalue weighted by Crippen LogP contribution is -2.36. The molecule has 1 fully saturated rings. The summed E-state index contributed by atoms with van der Waals surface area (Å²) in [6, 6.07) is 4.55. The van der Waals surface area contributed by atoms with E-state index in [1.165, 1.54) is 17.4 Å². The monoisotopic (exact) mass is 390 g/mol. The highest BCUT2D eigenvalue weighted by Gasteiger charge is 2.24. The van der Waals surface area contributed by atoms with Crippen LogP contribution in [-0.2, 0) is 10.2 Å². The predicted molar refractivity (Wildman–Crippen MR) is 105 cm³/mol. The number of carbonyl (C=O) groups is 1. The maximum atomic E-state index is 12.5. The van der Waals surface area contributed by atoms with Crippen molar-refractivity contribution in [3.05, 3.63) is 45.0 Å². The summed E-state index contributed by atoms with van der Waals surface area (Å²) in [6.07, 6.45) is 0. The van der Waals surface area contributed by atoms with Crippen LogP contribution in [0.4, 0.5) is 16.5 Å². The summed E-state index contributed by atoms with van der Waals surface area (Å²) in [5.41, 5.74) is 1.42. The van der Waals surface area contributed by atoms with E-state index in [9.17, 15) is 14.9 Å². The standard InChI is InChI=1S/C18H22N4O4S/c1-18(2,3)15-11-27-17(19-15)20-16(23)12-4-5-13(14(10-12)22(24)25)21-6-8-26-9-7-21/h4-5,10-11H,6-9H2,1-3H3,(H,19,20,23). The SMILES string of the molecule is CC(C)(C)c1csc(NC(=O)c2ccc(N3CCOCC3)c([N+](=O)[O-])c2)n1. The van der Waals surface area contributed by atoms with Crippen molar-refractivity contribution in [1.29, 1.82) is 0 Å². The zero-order valence-electron chi connectivity index (χ0n) is 15.5. The van der Waals surface area contributed by atoms with E-state index in [-0.39, 0.29) is 16.7 Å². The quantitative estimate of drug-likeness (QED) is 0.634. The molecule has 2 aromatic rings. The van der Waals surface area contributed by atoms with E-state index in [0.29, 0.717) is 37.1 Å². The van der Waals surface area contributed by atoms with Crippen molar-refractivity contribution in [2.45, 2.75) is 26.2 Å². The molecule has 1 aromatic heterocycles. The van der Waals surface area contributed by atoms with Crippen LogP contribution >= 0.6 is 11.3 Å². The van der Waals surface area contributed by atoms with Gasteiger partial charge in [-0.3, -0.25) is 20.2 Å². The Morgan fingerprint density at radius 3 is 2.63 bits per heavy atom. The highest BCUT2D eigenvalue weighted by atomic mass is 32.1. The smallest absolute Gasteiger partial charge is 0.293 e. The molecule has 0 bridgehead atoms. The van der Waals surface area contributed by atoms with Crippen molar-refractivity contribution in [3.8, 4) is 0 Å². The molecule has 1 aliphatic heterocycles. The van der Waals surface area contributed by atoms with E-state index in [4.69, 9.17) is 4.74 Å². The molecule has 3 rings (SSSR count). The highest BCUT2D eigenvalue weighted by molar-refractivity contribution is 7.14. The topological polar surface area (TPSA) is 97.6 Å². The molecule has 0 atom stereocenters. The summed E-state index contributed by atoms with van der Waals surface area (Å²) >= 11 is 1.34. The van der Waals surface area contributed by atoms with Crippen molar-refractivity contribution >= 4 is 33.8 Å². The van der Waals surface area contributed by atoms with Gasteiger partial charge >= 0.3 is 0 Å². The van der Waals surface area contributed by atoms with Crippen LogP contribution in [0.25, 0.3) is 0 Å². The summed E-state index contributed by atoms with van der Waals surface area (Å²) in [5.74, 6) is -0.415. The zero-order valence-corrected chi connectivity index (χ0v) is 16.3. The first-order valence-corrected chi connectivity index (χ1v) is 9.52. The summed E-state index contributed by atoms with van der Waals surface area (Å²) in [7, 11) is 0. The lowest BCUT2D eigenvalue weighted by atomic mass is 9.93. The van der Waals surface area contributed by atoms with E-state index in [2.05, 4.69) is 10.3 Å². The minimum absolute atomic E-state index is 0.0842. The average molecular weight is 390 g/mol. The molecule has 2 heterocycles. The first kappa shape index (κ1) is 19.2. The van der Waals surface area contributed by atoms with E-state index in [1.807, 2.05) is 31.1 Å². The third-order valence-electron chi connectivity index (χ3n) is 4.28. The van der Waals surface area contributed by atoms with Crippen LogP contribution in [0.15, 0.2) is 23.6 Å². The number of hydrogen-bond acceptors (Lipinski definition) is 7. The number of carbonyl (C=O) groups excluding carboxylic acids is 1. The molecule has 1 saturated heterocycles. The number of aromatic nitrogens is 1. The van der Waals surface area contributed by atoms with Crippen LogP contribution in [0.5, 0.6) is 0 Å². The van der Waals surface area contributed by atoms with Gasteiger partial charge < -0.3 is 9.64 Å². The fourth-order valence-corrected chi connectivity index (χ4v) is 3.66. The Morgan fingerprint density at radius 2 is 2.04 bits per heavy atom. The Bertz CT molecular complexity index is 853. The fraction of sp³-hybridized carbons (Fsp3) is 0.444. The molecule has 0 aliphatic carbocycles. The number of nitrogens with one attached hydrogen (secondary N) is 1. The number of amides is 1. The molecule has 0 spiro atoms. The van der Waals surface area contributed by atoms with Gasteiger partial charge in [-0.15, -0.1) is 11.3 Å². The summed E-state index contributed by atoms with van der Waals surface area (Å²) in [5, 5.41) is 16.6. The van der Waals surface area contributed by atoms with E-state index in [0.717, 1.165) is 5.69 Å². The highest BCUT2D eigenvalue weighted by Crippen LogP contribution is 2.31. The average Bonchev–Trinajstić information content (AvgIpc) is 3.11. The molecule has 144 valence electrons. The molecule has 1 aliphatic rings. The van der Waals surface area contributed by atoms with E-state index >= 15 is 0 Å². The lowest BCUT2D eigenvalue weighted by molar-refractivity contribution is -0.384. The molecular formula is C18H22N4O4S. The van der Waals surface area contributed by atoms with Crippen LogP contribution in [0.1, 0.15) is 36.8 Å². The first-order valence-electron chi connectivity index (χ1n) is 8.64. The molecule has 1 amide bonds. The third-order valence-corrected chi connectivity index (χ3v) is 5.04. The second kappa shape index (κ2) is 7.61. The van der Waals surface area contributed by atoms with Crippen LogP contribution < -0.4 is 10.2 Å². The number of benzene rings is 1. The second-order valence-corrected chi connectivity index (χ2v) is 8.16. The molecule has 0 radical (unpaired) electrons. The Labute approximate surface area is 161 Å². The van der Waals surface area contributed by atoms with E-state index in [1.54, 1.807) is 12.1 Å². The van der Waals surface area contributed by atoms with Gasteiger partial charge in [0.2, 0.25) is 0 Å². The molecule has 0 unspecified atom stereocenters. The largest absolute Gasteiger partial charge is 0.378 e. The number of thiazole rings is 1. The number of hydrogen-bond donors (Lipinski definition) is 1. The molecule has 27 heavy (non-hydrogen) atoms. The molecule has 8 nitrogen and oxygen atoms in total. The number of morpholine rings is 1. The predicted octanol–water partition coefficient (Wildman–Crippen LogP) is 3.44. The second-order valence-electron chi connectivity index (χ2n) is 7.30. The van der Waals surface area contributed by atoms with Crippen molar-refractivity contribution in [2.24, 2.45) is 0 Å². The molecule has 9 heteroatoms. The lowest BCUT2D eigenvalue weighted by Gasteiger charge is -2.28. The van der Waals surface area contributed by atoms with Gasteiger partial charge in [0, 0.05) is 35.5 Å². The van der Waals surface area contributed by atoms with Crippen LogP contribution in [0.3, 0.4) is 0 Å². The number of nitro groups is 1. The Morgan fingerprint density at radius 1 is 1.33 bits per heavy atom. The van der Waals surface area contributed by atoms with Crippen molar-refractivity contribution in [1.82, 2.24) is 4.98 Å². The van der Waals surface area contributed by atoms with Gasteiger partial charge in [0.25, 0.3) is 11.6 Å². The third kappa shape index (κ3) is 4.42. The summed E-state index contributed by atoms with van der Waals surface area (Å²) in [4.78, 5) is 29.9. The molecule has 1 N–H and O–H groups in total. The van der Waals surface area contributed by atoms with E-state index < -0.39 is 10.8 Å². The van der Waals surface area contributed by atoms with Gasteiger partial charge in [0.1, 0.15) is 5.69 Å². The first-order chi connectivity index (χ1) is 12.8. The Kier molecular flexibility index (Phi) is 5.43. The molecule has 0 saturated carbocycles. The van der Waals surface area contributed by atoms with Gasteiger partial charge in [-0.25, -0.2) is 4.98 Å².